The first-order valence-corrected chi connectivity index (χ1v) is 8.05. The van der Waals surface area contributed by atoms with Crippen LogP contribution in [0.4, 0.5) is 17.1 Å². The third kappa shape index (κ3) is 2.52. The number of nitrogens with two attached hydrogens (primary N) is 1. The van der Waals surface area contributed by atoms with Crippen molar-refractivity contribution in [2.75, 3.05) is 11.1 Å². The summed E-state index contributed by atoms with van der Waals surface area (Å²) in [6.07, 6.45) is 0. The average molecular weight is 437 g/mol. The summed E-state index contributed by atoms with van der Waals surface area (Å²) in [6, 6.07) is 7.26. The molecule has 3 rings (SSSR count). The summed E-state index contributed by atoms with van der Waals surface area (Å²) in [4.78, 5) is 0. The van der Waals surface area contributed by atoms with Crippen LogP contribution in [0.2, 0.25) is 10.0 Å². The predicted octanol–water partition coefficient (Wildman–Crippen LogP) is 4.93. The lowest BCUT2D eigenvalue weighted by Crippen LogP contribution is -1.96. The summed E-state index contributed by atoms with van der Waals surface area (Å²) >= 11 is 15.7. The maximum absolute atomic E-state index is 6.26. The summed E-state index contributed by atoms with van der Waals surface area (Å²) in [7, 11) is 0. The number of nitrogens with zero attached hydrogens (tertiary/aromatic N) is 2. The molecule has 8 heteroatoms. The maximum atomic E-state index is 6.26. The van der Waals surface area contributed by atoms with Gasteiger partial charge in [0.25, 0.3) is 0 Å². The Bertz CT molecular complexity index is 805. The Morgan fingerprint density at radius 3 is 2.60 bits per heavy atom. The fourth-order valence-corrected chi connectivity index (χ4v) is 3.59. The molecule has 0 unspecified atom stereocenters. The number of rotatable bonds is 2. The second kappa shape index (κ2) is 5.51. The third-order valence-corrected chi connectivity index (χ3v) is 4.70. The zero-order chi connectivity index (χ0) is 14.3. The number of halogens is 3. The molecule has 0 spiro atoms. The molecule has 0 aliphatic carbocycles. The maximum Gasteiger partial charge on any atom is 0.131 e. The molecule has 0 aliphatic heterocycles. The van der Waals surface area contributed by atoms with Crippen molar-refractivity contribution in [3.05, 3.63) is 37.9 Å². The van der Waals surface area contributed by atoms with Crippen LogP contribution in [0.3, 0.4) is 0 Å². The van der Waals surface area contributed by atoms with E-state index in [1.807, 2.05) is 18.2 Å². The fraction of sp³-hybridized carbons (Fsp3) is 0. The zero-order valence-electron chi connectivity index (χ0n) is 9.82. The summed E-state index contributed by atoms with van der Waals surface area (Å²) in [5, 5.41) is 4.27. The normalized spacial score (nSPS) is 10.9. The molecule has 0 aliphatic rings. The van der Waals surface area contributed by atoms with E-state index in [9.17, 15) is 0 Å². The summed E-state index contributed by atoms with van der Waals surface area (Å²) in [5.74, 6) is 0. The first-order valence-electron chi connectivity index (χ1n) is 5.48. The largest absolute Gasteiger partial charge is 0.399 e. The van der Waals surface area contributed by atoms with Crippen LogP contribution >= 0.6 is 57.5 Å². The van der Waals surface area contributed by atoms with Crippen molar-refractivity contribution in [1.29, 1.82) is 0 Å². The minimum atomic E-state index is 0.497. The first-order chi connectivity index (χ1) is 9.56. The van der Waals surface area contributed by atoms with Gasteiger partial charge in [-0.15, -0.1) is 0 Å². The second-order valence-electron chi connectivity index (χ2n) is 4.04. The van der Waals surface area contributed by atoms with E-state index in [0.29, 0.717) is 32.5 Å². The number of fused-ring (bicyclic) bond motifs is 1. The number of anilines is 3. The van der Waals surface area contributed by atoms with Gasteiger partial charge in [-0.25, -0.2) is 0 Å². The molecule has 0 radical (unpaired) electrons. The Kier molecular flexibility index (Phi) is 3.89. The van der Waals surface area contributed by atoms with Crippen molar-refractivity contribution in [2.45, 2.75) is 0 Å². The van der Waals surface area contributed by atoms with E-state index < -0.39 is 0 Å². The molecule has 102 valence electrons. The van der Waals surface area contributed by atoms with Crippen molar-refractivity contribution in [3.8, 4) is 0 Å². The quantitative estimate of drug-likeness (QED) is 0.441. The van der Waals surface area contributed by atoms with E-state index in [1.54, 1.807) is 6.07 Å². The van der Waals surface area contributed by atoms with Crippen molar-refractivity contribution >= 4 is 85.6 Å². The standard InChI is InChI=1S/C12H7Cl2IN4S/c13-6-4-7(14)11-12(19-20-18-11)10(6)17-9-2-1-5(16)3-8(9)15/h1-4,17H,16H2. The molecule has 0 atom stereocenters. The Morgan fingerprint density at radius 1 is 1.10 bits per heavy atom. The molecule has 1 heterocycles. The molecule has 20 heavy (non-hydrogen) atoms. The lowest BCUT2D eigenvalue weighted by Gasteiger charge is -2.11. The fourth-order valence-electron chi connectivity index (χ4n) is 1.76. The highest BCUT2D eigenvalue weighted by molar-refractivity contribution is 14.1. The number of nitrogens with one attached hydrogen (secondary N) is 1. The molecule has 1 aromatic heterocycles. The molecule has 3 N–H and O–H groups in total. The van der Waals surface area contributed by atoms with Crippen LogP contribution in [0, 0.1) is 3.57 Å². The van der Waals surface area contributed by atoms with Crippen molar-refractivity contribution in [1.82, 2.24) is 8.75 Å². The topological polar surface area (TPSA) is 63.8 Å². The molecule has 0 fully saturated rings. The van der Waals surface area contributed by atoms with Crippen LogP contribution in [-0.4, -0.2) is 8.75 Å². The van der Waals surface area contributed by atoms with Crippen LogP contribution in [0.15, 0.2) is 24.3 Å². The smallest absolute Gasteiger partial charge is 0.131 e. The highest BCUT2D eigenvalue weighted by atomic mass is 127. The monoisotopic (exact) mass is 436 g/mol. The van der Waals surface area contributed by atoms with Gasteiger partial charge in [-0.3, -0.25) is 0 Å². The van der Waals surface area contributed by atoms with Gasteiger partial charge in [-0.05, 0) is 46.9 Å². The summed E-state index contributed by atoms with van der Waals surface area (Å²) < 4.78 is 9.42. The zero-order valence-corrected chi connectivity index (χ0v) is 14.3. The van der Waals surface area contributed by atoms with Gasteiger partial charge in [0.15, 0.2) is 0 Å². The van der Waals surface area contributed by atoms with Gasteiger partial charge in [0.05, 0.1) is 33.1 Å². The molecular formula is C12H7Cl2IN4S. The molecule has 0 saturated heterocycles. The van der Waals surface area contributed by atoms with Gasteiger partial charge in [-0.1, -0.05) is 23.2 Å². The molecule has 3 aromatic rings. The van der Waals surface area contributed by atoms with Crippen LogP contribution in [0.5, 0.6) is 0 Å². The molecular weight excluding hydrogens is 430 g/mol. The lowest BCUT2D eigenvalue weighted by atomic mass is 10.2. The Labute approximate surface area is 142 Å². The Balaban J connectivity index is 2.13. The molecule has 0 bridgehead atoms. The number of hydrogen-bond acceptors (Lipinski definition) is 5. The van der Waals surface area contributed by atoms with Gasteiger partial charge >= 0.3 is 0 Å². The van der Waals surface area contributed by atoms with E-state index in [4.69, 9.17) is 28.9 Å². The summed E-state index contributed by atoms with van der Waals surface area (Å²) in [5.41, 5.74) is 9.37. The minimum Gasteiger partial charge on any atom is -0.399 e. The molecule has 2 aromatic carbocycles. The first kappa shape index (κ1) is 14.1. The number of hydrogen-bond donors (Lipinski definition) is 2. The van der Waals surface area contributed by atoms with Gasteiger partial charge < -0.3 is 11.1 Å². The molecule has 0 amide bonds. The van der Waals surface area contributed by atoms with Crippen LogP contribution in [0.25, 0.3) is 11.0 Å². The number of aromatic nitrogens is 2. The highest BCUT2D eigenvalue weighted by Gasteiger charge is 2.15. The van der Waals surface area contributed by atoms with Crippen molar-refractivity contribution < 1.29 is 0 Å². The molecule has 4 nitrogen and oxygen atoms in total. The number of benzene rings is 2. The van der Waals surface area contributed by atoms with Crippen LogP contribution in [-0.2, 0) is 0 Å². The van der Waals surface area contributed by atoms with Gasteiger partial charge in [0.2, 0.25) is 0 Å². The minimum absolute atomic E-state index is 0.497. The van der Waals surface area contributed by atoms with Crippen LogP contribution in [0.1, 0.15) is 0 Å². The third-order valence-electron chi connectivity index (χ3n) is 2.70. The van der Waals surface area contributed by atoms with E-state index in [1.165, 1.54) is 0 Å². The highest BCUT2D eigenvalue weighted by Crippen LogP contribution is 2.37. The second-order valence-corrected chi connectivity index (χ2v) is 6.55. The SMILES string of the molecule is Nc1ccc(Nc2c(Cl)cc(Cl)c3nsnc23)c(I)c1. The number of nitrogen functional groups attached to an aromatic ring is 1. The van der Waals surface area contributed by atoms with E-state index in [2.05, 4.69) is 36.7 Å². The lowest BCUT2D eigenvalue weighted by molar-refractivity contribution is 1.52. The Morgan fingerprint density at radius 2 is 1.85 bits per heavy atom. The van der Waals surface area contributed by atoms with Gasteiger partial charge in [0, 0.05) is 9.26 Å². The molecule has 0 saturated carbocycles. The van der Waals surface area contributed by atoms with Gasteiger partial charge in [0.1, 0.15) is 11.0 Å². The average Bonchev–Trinajstić information content (AvgIpc) is 2.86. The summed E-state index contributed by atoms with van der Waals surface area (Å²) in [6.45, 7) is 0. The van der Waals surface area contributed by atoms with Crippen molar-refractivity contribution in [2.24, 2.45) is 0 Å². The van der Waals surface area contributed by atoms with Crippen molar-refractivity contribution in [3.63, 3.8) is 0 Å². The predicted molar refractivity (Wildman–Crippen MR) is 94.3 cm³/mol. The van der Waals surface area contributed by atoms with Gasteiger partial charge in [-0.2, -0.15) is 8.75 Å². The van der Waals surface area contributed by atoms with Crippen LogP contribution < -0.4 is 11.1 Å². The van der Waals surface area contributed by atoms with E-state index in [0.717, 1.165) is 21.0 Å². The Hall–Kier alpha value is -0.830. The van der Waals surface area contributed by atoms with E-state index in [-0.39, 0.29) is 0 Å². The van der Waals surface area contributed by atoms with E-state index >= 15 is 0 Å².